The zero-order valence-electron chi connectivity index (χ0n) is 14.8. The van der Waals surface area contributed by atoms with Gasteiger partial charge < -0.3 is 4.74 Å². The first kappa shape index (κ1) is 17.3. The number of halogens is 3. The Kier molecular flexibility index (Phi) is 3.80. The molecule has 0 fully saturated rings. The standard InChI is InChI=1S/C19H15F3N4O/c1-10-16-11(2)24-17(12-5-4-6-13(9-12)19(20,21)22)26(16)18-14(23-10)7-8-15(25-18)27-3/h4-9H,1-3H3. The molecule has 27 heavy (non-hydrogen) atoms. The Morgan fingerprint density at radius 1 is 0.963 bits per heavy atom. The highest BCUT2D eigenvalue weighted by Crippen LogP contribution is 2.33. The van der Waals surface area contributed by atoms with Crippen LogP contribution in [0.4, 0.5) is 13.2 Å². The van der Waals surface area contributed by atoms with Gasteiger partial charge in [0.05, 0.1) is 29.6 Å². The maximum absolute atomic E-state index is 13.2. The van der Waals surface area contributed by atoms with Gasteiger partial charge in [-0.05, 0) is 32.0 Å². The molecule has 1 aromatic carbocycles. The number of aromatic nitrogens is 4. The van der Waals surface area contributed by atoms with Crippen LogP contribution in [0.3, 0.4) is 0 Å². The first-order valence-corrected chi connectivity index (χ1v) is 8.17. The van der Waals surface area contributed by atoms with Gasteiger partial charge in [0, 0.05) is 11.6 Å². The Balaban J connectivity index is 2.10. The third-order valence-corrected chi connectivity index (χ3v) is 4.38. The second-order valence-corrected chi connectivity index (χ2v) is 6.18. The van der Waals surface area contributed by atoms with Crippen LogP contribution in [0.1, 0.15) is 17.0 Å². The van der Waals surface area contributed by atoms with Gasteiger partial charge in [-0.15, -0.1) is 0 Å². The van der Waals surface area contributed by atoms with E-state index in [0.29, 0.717) is 34.1 Å². The Labute approximate surface area is 152 Å². The lowest BCUT2D eigenvalue weighted by molar-refractivity contribution is -0.137. The minimum absolute atomic E-state index is 0.351. The summed E-state index contributed by atoms with van der Waals surface area (Å²) in [6, 6.07) is 8.56. The van der Waals surface area contributed by atoms with E-state index in [4.69, 9.17) is 4.74 Å². The molecule has 0 bridgehead atoms. The maximum atomic E-state index is 13.2. The average Bonchev–Trinajstić information content (AvgIpc) is 2.99. The molecule has 0 unspecified atom stereocenters. The van der Waals surface area contributed by atoms with Gasteiger partial charge in [0.2, 0.25) is 5.88 Å². The minimum atomic E-state index is -4.43. The number of rotatable bonds is 2. The molecule has 3 heterocycles. The number of pyridine rings is 1. The van der Waals surface area contributed by atoms with Crippen molar-refractivity contribution in [2.24, 2.45) is 0 Å². The summed E-state index contributed by atoms with van der Waals surface area (Å²) in [5.41, 5.74) is 2.81. The van der Waals surface area contributed by atoms with Crippen LogP contribution in [0.2, 0.25) is 0 Å². The number of benzene rings is 1. The SMILES string of the molecule is COc1ccc2nc(C)c3c(C)nc(-c4cccc(C(F)(F)F)c4)n3c2n1. The fourth-order valence-corrected chi connectivity index (χ4v) is 3.21. The van der Waals surface area contributed by atoms with E-state index in [9.17, 15) is 13.2 Å². The third kappa shape index (κ3) is 2.77. The highest BCUT2D eigenvalue weighted by Gasteiger charge is 2.31. The van der Waals surface area contributed by atoms with Crippen LogP contribution in [0.5, 0.6) is 5.88 Å². The summed E-state index contributed by atoms with van der Waals surface area (Å²) in [4.78, 5) is 13.5. The first-order chi connectivity index (χ1) is 12.8. The lowest BCUT2D eigenvalue weighted by Gasteiger charge is -2.10. The van der Waals surface area contributed by atoms with E-state index in [1.165, 1.54) is 13.2 Å². The largest absolute Gasteiger partial charge is 0.481 e. The maximum Gasteiger partial charge on any atom is 0.416 e. The van der Waals surface area contributed by atoms with Crippen LogP contribution in [0.15, 0.2) is 36.4 Å². The van der Waals surface area contributed by atoms with E-state index in [-0.39, 0.29) is 0 Å². The minimum Gasteiger partial charge on any atom is -0.481 e. The molecular formula is C19H15F3N4O. The molecule has 0 aliphatic heterocycles. The Bertz CT molecular complexity index is 1180. The van der Waals surface area contributed by atoms with Crippen molar-refractivity contribution in [1.29, 1.82) is 0 Å². The van der Waals surface area contributed by atoms with Crippen LogP contribution >= 0.6 is 0 Å². The van der Waals surface area contributed by atoms with Gasteiger partial charge in [-0.25, -0.2) is 9.97 Å². The number of ether oxygens (including phenoxy) is 1. The van der Waals surface area contributed by atoms with Crippen molar-refractivity contribution in [3.8, 4) is 17.3 Å². The van der Waals surface area contributed by atoms with Crippen LogP contribution in [-0.4, -0.2) is 26.5 Å². The first-order valence-electron chi connectivity index (χ1n) is 8.17. The summed E-state index contributed by atoms with van der Waals surface area (Å²) in [6.45, 7) is 3.64. The zero-order valence-corrected chi connectivity index (χ0v) is 14.8. The molecule has 4 aromatic rings. The van der Waals surface area contributed by atoms with Gasteiger partial charge in [0.15, 0.2) is 5.65 Å². The van der Waals surface area contributed by atoms with Crippen molar-refractivity contribution >= 4 is 16.7 Å². The fraction of sp³-hybridized carbons (Fsp3) is 0.211. The van der Waals surface area contributed by atoms with Gasteiger partial charge in [-0.1, -0.05) is 12.1 Å². The number of alkyl halides is 3. The Hall–Kier alpha value is -3.16. The smallest absolute Gasteiger partial charge is 0.416 e. The monoisotopic (exact) mass is 372 g/mol. The summed E-state index contributed by atoms with van der Waals surface area (Å²) in [5.74, 6) is 0.764. The zero-order chi connectivity index (χ0) is 19.3. The van der Waals surface area contributed by atoms with Crippen molar-refractivity contribution in [2.45, 2.75) is 20.0 Å². The summed E-state index contributed by atoms with van der Waals surface area (Å²) < 4.78 is 46.4. The molecule has 0 N–H and O–H groups in total. The van der Waals surface area contributed by atoms with Gasteiger partial charge in [0.1, 0.15) is 11.3 Å². The van der Waals surface area contributed by atoms with Gasteiger partial charge >= 0.3 is 6.18 Å². The number of hydrogen-bond acceptors (Lipinski definition) is 4. The van der Waals surface area contributed by atoms with E-state index in [1.807, 2.05) is 6.92 Å². The number of hydrogen-bond donors (Lipinski definition) is 0. The number of nitrogens with zero attached hydrogens (tertiary/aromatic N) is 4. The van der Waals surface area contributed by atoms with Crippen molar-refractivity contribution in [2.75, 3.05) is 7.11 Å². The lowest BCUT2D eigenvalue weighted by atomic mass is 10.1. The Morgan fingerprint density at radius 2 is 1.70 bits per heavy atom. The van der Waals surface area contributed by atoms with Crippen molar-refractivity contribution in [3.05, 3.63) is 53.3 Å². The second-order valence-electron chi connectivity index (χ2n) is 6.18. The molecule has 4 rings (SSSR count). The predicted molar refractivity (Wildman–Crippen MR) is 94.8 cm³/mol. The molecule has 0 saturated heterocycles. The van der Waals surface area contributed by atoms with Gasteiger partial charge in [-0.2, -0.15) is 18.2 Å². The van der Waals surface area contributed by atoms with E-state index in [1.54, 1.807) is 29.5 Å². The molecule has 0 saturated carbocycles. The summed E-state index contributed by atoms with van der Waals surface area (Å²) in [5, 5.41) is 0. The average molecular weight is 372 g/mol. The predicted octanol–water partition coefficient (Wildman–Crippen LogP) is 4.59. The molecule has 0 radical (unpaired) electrons. The molecule has 0 amide bonds. The van der Waals surface area contributed by atoms with Crippen molar-refractivity contribution in [1.82, 2.24) is 19.4 Å². The van der Waals surface area contributed by atoms with Crippen molar-refractivity contribution in [3.63, 3.8) is 0 Å². The lowest BCUT2D eigenvalue weighted by Crippen LogP contribution is -2.05. The summed E-state index contributed by atoms with van der Waals surface area (Å²) in [6.07, 6.45) is -4.43. The van der Waals surface area contributed by atoms with Crippen molar-refractivity contribution < 1.29 is 17.9 Å². The normalized spacial score (nSPS) is 12.1. The second kappa shape index (κ2) is 5.94. The molecular weight excluding hydrogens is 357 g/mol. The molecule has 0 aliphatic carbocycles. The van der Waals surface area contributed by atoms with Gasteiger partial charge in [0.25, 0.3) is 0 Å². The number of methoxy groups -OCH3 is 1. The van der Waals surface area contributed by atoms with E-state index < -0.39 is 11.7 Å². The number of aryl methyl sites for hydroxylation is 2. The third-order valence-electron chi connectivity index (χ3n) is 4.38. The van der Waals surface area contributed by atoms with E-state index in [0.717, 1.165) is 23.3 Å². The van der Waals surface area contributed by atoms with Crippen LogP contribution in [0.25, 0.3) is 28.1 Å². The molecule has 5 nitrogen and oxygen atoms in total. The van der Waals surface area contributed by atoms with E-state index >= 15 is 0 Å². The molecule has 0 atom stereocenters. The molecule has 3 aromatic heterocycles. The highest BCUT2D eigenvalue weighted by atomic mass is 19.4. The van der Waals surface area contributed by atoms with Crippen LogP contribution in [-0.2, 0) is 6.18 Å². The van der Waals surface area contributed by atoms with Gasteiger partial charge in [-0.3, -0.25) is 4.40 Å². The summed E-state index contributed by atoms with van der Waals surface area (Å²) in [7, 11) is 1.50. The molecule has 0 spiro atoms. The topological polar surface area (TPSA) is 52.3 Å². The molecule has 8 heteroatoms. The molecule has 0 aliphatic rings. The Morgan fingerprint density at radius 3 is 2.41 bits per heavy atom. The number of fused-ring (bicyclic) bond motifs is 3. The quantitative estimate of drug-likeness (QED) is 0.516. The van der Waals surface area contributed by atoms with Crippen LogP contribution in [0, 0.1) is 13.8 Å². The molecule has 138 valence electrons. The highest BCUT2D eigenvalue weighted by molar-refractivity contribution is 5.81. The number of imidazole rings is 1. The van der Waals surface area contributed by atoms with Crippen LogP contribution < -0.4 is 4.74 Å². The van der Waals surface area contributed by atoms with E-state index in [2.05, 4.69) is 15.0 Å². The fourth-order valence-electron chi connectivity index (χ4n) is 3.21. The summed E-state index contributed by atoms with van der Waals surface area (Å²) >= 11 is 0.